The van der Waals surface area contributed by atoms with Gasteiger partial charge in [-0.25, -0.2) is 0 Å². The van der Waals surface area contributed by atoms with Crippen molar-refractivity contribution >= 4 is 11.9 Å². The Morgan fingerprint density at radius 3 is 2.44 bits per heavy atom. The van der Waals surface area contributed by atoms with E-state index < -0.39 is 11.4 Å². The number of amides is 1. The van der Waals surface area contributed by atoms with Crippen LogP contribution in [0.5, 0.6) is 0 Å². The second kappa shape index (κ2) is 6.73. The number of hydrogen-bond acceptors (Lipinski definition) is 3. The fourth-order valence-electron chi connectivity index (χ4n) is 2.37. The molecule has 2 N–H and O–H groups in total. The summed E-state index contributed by atoms with van der Waals surface area (Å²) in [5, 5.41) is 12.0. The Bertz CT molecular complexity index is 295. The molecule has 5 heteroatoms. The molecule has 1 aliphatic carbocycles. The van der Waals surface area contributed by atoms with Crippen LogP contribution in [0.1, 0.15) is 46.0 Å². The summed E-state index contributed by atoms with van der Waals surface area (Å²) in [5.74, 6) is -1.03. The Morgan fingerprint density at radius 2 is 1.94 bits per heavy atom. The lowest BCUT2D eigenvalue weighted by molar-refractivity contribution is -0.151. The molecule has 0 spiro atoms. The van der Waals surface area contributed by atoms with Crippen molar-refractivity contribution in [3.63, 3.8) is 0 Å². The number of carboxylic acid groups (broad SMARTS) is 1. The molecule has 1 rings (SSSR count). The minimum Gasteiger partial charge on any atom is -0.481 e. The van der Waals surface area contributed by atoms with Crippen LogP contribution in [0.2, 0.25) is 0 Å². The van der Waals surface area contributed by atoms with Crippen molar-refractivity contribution < 1.29 is 19.4 Å². The molecule has 0 radical (unpaired) electrons. The van der Waals surface area contributed by atoms with Gasteiger partial charge in [0.1, 0.15) is 0 Å². The average molecular weight is 257 g/mol. The Kier molecular flexibility index (Phi) is 5.59. The molecule has 0 aromatic carbocycles. The minimum atomic E-state index is -0.839. The van der Waals surface area contributed by atoms with Crippen LogP contribution in [0.25, 0.3) is 0 Å². The maximum Gasteiger partial charge on any atom is 0.310 e. The van der Waals surface area contributed by atoms with Crippen LogP contribution < -0.4 is 5.32 Å². The predicted octanol–water partition coefficient (Wildman–Crippen LogP) is 1.56. The molecule has 0 aromatic rings. The molecular weight excluding hydrogens is 234 g/mol. The van der Waals surface area contributed by atoms with Gasteiger partial charge in [-0.2, -0.15) is 0 Å². The van der Waals surface area contributed by atoms with Crippen molar-refractivity contribution in [2.45, 2.75) is 52.1 Å². The van der Waals surface area contributed by atoms with Gasteiger partial charge in [0.15, 0.2) is 0 Å². The largest absolute Gasteiger partial charge is 0.481 e. The van der Waals surface area contributed by atoms with Gasteiger partial charge in [0.05, 0.1) is 18.1 Å². The number of rotatable bonds is 7. The van der Waals surface area contributed by atoms with E-state index in [4.69, 9.17) is 4.74 Å². The van der Waals surface area contributed by atoms with E-state index in [0.717, 1.165) is 12.8 Å². The third-order valence-electron chi connectivity index (χ3n) is 3.39. The summed E-state index contributed by atoms with van der Waals surface area (Å²) in [6.07, 6.45) is 3.24. The van der Waals surface area contributed by atoms with Crippen molar-refractivity contribution in [2.24, 2.45) is 5.41 Å². The summed E-state index contributed by atoms with van der Waals surface area (Å²) in [5.41, 5.74) is -0.830. The summed E-state index contributed by atoms with van der Waals surface area (Å²) in [6, 6.07) is 0. The van der Waals surface area contributed by atoms with E-state index in [1.165, 1.54) is 0 Å². The first-order valence-corrected chi connectivity index (χ1v) is 6.58. The number of nitrogens with one attached hydrogen (secondary N) is 1. The van der Waals surface area contributed by atoms with E-state index in [9.17, 15) is 14.7 Å². The summed E-state index contributed by atoms with van der Waals surface area (Å²) < 4.78 is 5.30. The number of carboxylic acids is 1. The van der Waals surface area contributed by atoms with Gasteiger partial charge in [-0.1, -0.05) is 12.8 Å². The van der Waals surface area contributed by atoms with Gasteiger partial charge in [0.25, 0.3) is 0 Å². The zero-order valence-electron chi connectivity index (χ0n) is 11.2. The van der Waals surface area contributed by atoms with E-state index in [1.54, 1.807) is 0 Å². The normalized spacial score (nSPS) is 17.9. The molecule has 1 aliphatic rings. The van der Waals surface area contributed by atoms with Crippen LogP contribution in [0.3, 0.4) is 0 Å². The van der Waals surface area contributed by atoms with Gasteiger partial charge in [0, 0.05) is 13.0 Å². The lowest BCUT2D eigenvalue weighted by Crippen LogP contribution is -2.37. The second-order valence-electron chi connectivity index (χ2n) is 5.24. The van der Waals surface area contributed by atoms with Crippen molar-refractivity contribution in [3.8, 4) is 0 Å². The van der Waals surface area contributed by atoms with E-state index in [1.807, 2.05) is 13.8 Å². The molecule has 1 amide bonds. The lowest BCUT2D eigenvalue weighted by Gasteiger charge is -2.22. The second-order valence-corrected chi connectivity index (χ2v) is 5.24. The van der Waals surface area contributed by atoms with Gasteiger partial charge in [-0.3, -0.25) is 9.59 Å². The highest BCUT2D eigenvalue weighted by Crippen LogP contribution is 2.41. The lowest BCUT2D eigenvalue weighted by atomic mass is 9.82. The predicted molar refractivity (Wildman–Crippen MR) is 67.3 cm³/mol. The fourth-order valence-corrected chi connectivity index (χ4v) is 2.37. The Labute approximate surface area is 108 Å². The average Bonchev–Trinajstić information content (AvgIpc) is 2.74. The number of carbonyl (C=O) groups is 2. The summed E-state index contributed by atoms with van der Waals surface area (Å²) in [6.45, 7) is 4.76. The van der Waals surface area contributed by atoms with E-state index in [-0.39, 0.29) is 18.4 Å². The van der Waals surface area contributed by atoms with Gasteiger partial charge in [-0.05, 0) is 26.7 Å². The molecule has 0 aromatic heterocycles. The van der Waals surface area contributed by atoms with Gasteiger partial charge < -0.3 is 15.2 Å². The zero-order chi connectivity index (χ0) is 13.6. The molecule has 1 fully saturated rings. The van der Waals surface area contributed by atoms with Crippen LogP contribution in [0.15, 0.2) is 0 Å². The van der Waals surface area contributed by atoms with Gasteiger partial charge >= 0.3 is 5.97 Å². The molecule has 0 saturated heterocycles. The third kappa shape index (κ3) is 4.29. The first-order valence-electron chi connectivity index (χ1n) is 6.58. The van der Waals surface area contributed by atoms with Crippen LogP contribution >= 0.6 is 0 Å². The van der Waals surface area contributed by atoms with Crippen molar-refractivity contribution in [3.05, 3.63) is 0 Å². The summed E-state index contributed by atoms with van der Waals surface area (Å²) >= 11 is 0. The molecule has 0 unspecified atom stereocenters. The Morgan fingerprint density at radius 1 is 1.33 bits per heavy atom. The van der Waals surface area contributed by atoms with Crippen molar-refractivity contribution in [1.82, 2.24) is 5.32 Å². The van der Waals surface area contributed by atoms with E-state index >= 15 is 0 Å². The van der Waals surface area contributed by atoms with Crippen LogP contribution in [0.4, 0.5) is 0 Å². The van der Waals surface area contributed by atoms with Crippen LogP contribution in [-0.2, 0) is 14.3 Å². The molecule has 0 bridgehead atoms. The number of aliphatic carboxylic acids is 1. The maximum absolute atomic E-state index is 11.7. The molecule has 104 valence electrons. The summed E-state index contributed by atoms with van der Waals surface area (Å²) in [7, 11) is 0. The topological polar surface area (TPSA) is 75.6 Å². The first-order chi connectivity index (χ1) is 8.46. The van der Waals surface area contributed by atoms with Crippen molar-refractivity contribution in [2.75, 3.05) is 13.2 Å². The van der Waals surface area contributed by atoms with E-state index in [0.29, 0.717) is 26.0 Å². The Hall–Kier alpha value is -1.10. The van der Waals surface area contributed by atoms with Gasteiger partial charge in [0.2, 0.25) is 5.91 Å². The molecule has 0 atom stereocenters. The fraction of sp³-hybridized carbons (Fsp3) is 0.846. The summed E-state index contributed by atoms with van der Waals surface area (Å²) in [4.78, 5) is 23.0. The minimum absolute atomic E-state index is 0.0873. The first kappa shape index (κ1) is 15.0. The molecular formula is C13H23NO4. The van der Waals surface area contributed by atoms with Gasteiger partial charge in [-0.15, -0.1) is 0 Å². The molecule has 0 aliphatic heterocycles. The van der Waals surface area contributed by atoms with E-state index in [2.05, 4.69) is 5.32 Å². The monoisotopic (exact) mass is 257 g/mol. The quantitative estimate of drug-likeness (QED) is 0.679. The van der Waals surface area contributed by atoms with Crippen LogP contribution in [-0.4, -0.2) is 36.2 Å². The standard InChI is InChI=1S/C13H23NO4/c1-10(2)18-8-7-14-11(15)9-13(12(16)17)5-3-4-6-13/h10H,3-9H2,1-2H3,(H,14,15)(H,16,17). The highest BCUT2D eigenvalue weighted by molar-refractivity contribution is 5.85. The molecule has 0 heterocycles. The van der Waals surface area contributed by atoms with Crippen molar-refractivity contribution in [1.29, 1.82) is 0 Å². The highest BCUT2D eigenvalue weighted by atomic mass is 16.5. The highest BCUT2D eigenvalue weighted by Gasteiger charge is 2.42. The number of hydrogen-bond donors (Lipinski definition) is 2. The molecule has 1 saturated carbocycles. The SMILES string of the molecule is CC(C)OCCNC(=O)CC1(C(=O)O)CCCC1. The number of carbonyl (C=O) groups excluding carboxylic acids is 1. The number of ether oxygens (including phenoxy) is 1. The molecule has 18 heavy (non-hydrogen) atoms. The third-order valence-corrected chi connectivity index (χ3v) is 3.39. The molecule has 5 nitrogen and oxygen atoms in total. The Balaban J connectivity index is 2.32. The zero-order valence-corrected chi connectivity index (χ0v) is 11.2. The smallest absolute Gasteiger partial charge is 0.310 e. The maximum atomic E-state index is 11.7. The van der Waals surface area contributed by atoms with Crippen LogP contribution in [0, 0.1) is 5.41 Å².